The average Bonchev–Trinajstić information content (AvgIpc) is 3.31. The molecule has 0 aromatic carbocycles. The predicted molar refractivity (Wildman–Crippen MR) is 119 cm³/mol. The van der Waals surface area contributed by atoms with Crippen molar-refractivity contribution in [3.05, 3.63) is 35.9 Å². The molecule has 2 saturated carbocycles. The third-order valence-electron chi connectivity index (χ3n) is 9.21. The number of rotatable bonds is 3. The summed E-state index contributed by atoms with van der Waals surface area (Å²) in [7, 11) is 0. The van der Waals surface area contributed by atoms with Gasteiger partial charge in [-0.2, -0.15) is 0 Å². The maximum Gasteiger partial charge on any atom is 0.302 e. The summed E-state index contributed by atoms with van der Waals surface area (Å²) in [5.41, 5.74) is 4.77. The SMILES string of the molecule is CCc1cn(C2=CCC3C4CC=C5C[C@@H](OC(C)=O)CC[C@]5(C)C4CC[C@]23C)cn1. The van der Waals surface area contributed by atoms with Gasteiger partial charge in [-0.15, -0.1) is 0 Å². The van der Waals surface area contributed by atoms with Crippen LogP contribution in [0.25, 0.3) is 5.70 Å². The van der Waals surface area contributed by atoms with Gasteiger partial charge in [0.2, 0.25) is 0 Å². The van der Waals surface area contributed by atoms with Crippen LogP contribution in [-0.4, -0.2) is 21.6 Å². The molecule has 5 rings (SSSR count). The van der Waals surface area contributed by atoms with Crippen molar-refractivity contribution >= 4 is 11.7 Å². The average molecular weight is 409 g/mol. The Morgan fingerprint density at radius 3 is 2.70 bits per heavy atom. The Hall–Kier alpha value is -1.84. The molecule has 162 valence electrons. The minimum absolute atomic E-state index is 0.0842. The zero-order chi connectivity index (χ0) is 21.1. The van der Waals surface area contributed by atoms with Gasteiger partial charge in [0.15, 0.2) is 0 Å². The molecule has 3 unspecified atom stereocenters. The molecular formula is C26H36N2O2. The van der Waals surface area contributed by atoms with E-state index in [0.717, 1.165) is 43.4 Å². The smallest absolute Gasteiger partial charge is 0.302 e. The molecule has 0 spiro atoms. The van der Waals surface area contributed by atoms with E-state index in [9.17, 15) is 4.79 Å². The first-order chi connectivity index (χ1) is 14.3. The van der Waals surface area contributed by atoms with Crippen molar-refractivity contribution in [1.82, 2.24) is 9.55 Å². The van der Waals surface area contributed by atoms with Gasteiger partial charge >= 0.3 is 5.97 Å². The molecule has 4 heteroatoms. The highest BCUT2D eigenvalue weighted by molar-refractivity contribution is 5.66. The number of hydrogen-bond acceptors (Lipinski definition) is 3. The van der Waals surface area contributed by atoms with Crippen LogP contribution in [0.2, 0.25) is 0 Å². The van der Waals surface area contributed by atoms with Gasteiger partial charge < -0.3 is 9.30 Å². The topological polar surface area (TPSA) is 44.1 Å². The number of ether oxygens (including phenoxy) is 1. The Morgan fingerprint density at radius 1 is 1.17 bits per heavy atom. The lowest BCUT2D eigenvalue weighted by Gasteiger charge is -2.57. The van der Waals surface area contributed by atoms with Crippen molar-refractivity contribution in [2.45, 2.75) is 85.2 Å². The van der Waals surface area contributed by atoms with E-state index in [-0.39, 0.29) is 22.9 Å². The third-order valence-corrected chi connectivity index (χ3v) is 9.21. The summed E-state index contributed by atoms with van der Waals surface area (Å²) in [6, 6.07) is 0. The second-order valence-corrected chi connectivity index (χ2v) is 10.6. The van der Waals surface area contributed by atoms with Crippen LogP contribution in [0.1, 0.15) is 78.3 Å². The fourth-order valence-corrected chi connectivity index (χ4v) is 7.59. The van der Waals surface area contributed by atoms with Crippen LogP contribution in [0.5, 0.6) is 0 Å². The van der Waals surface area contributed by atoms with Gasteiger partial charge in [0.25, 0.3) is 0 Å². The number of carbonyl (C=O) groups excluding carboxylic acids is 1. The largest absolute Gasteiger partial charge is 0.462 e. The number of esters is 1. The fraction of sp³-hybridized carbons (Fsp3) is 0.692. The lowest BCUT2D eigenvalue weighted by Crippen LogP contribution is -2.50. The Bertz CT molecular complexity index is 912. The van der Waals surface area contributed by atoms with Crippen molar-refractivity contribution in [3.63, 3.8) is 0 Å². The lowest BCUT2D eigenvalue weighted by molar-refractivity contribution is -0.148. The molecule has 1 heterocycles. The van der Waals surface area contributed by atoms with Crippen LogP contribution in [0, 0.1) is 28.6 Å². The second kappa shape index (κ2) is 7.10. The summed E-state index contributed by atoms with van der Waals surface area (Å²) in [5.74, 6) is 2.10. The highest BCUT2D eigenvalue weighted by Crippen LogP contribution is 2.65. The maximum absolute atomic E-state index is 11.5. The van der Waals surface area contributed by atoms with E-state index >= 15 is 0 Å². The van der Waals surface area contributed by atoms with Crippen molar-refractivity contribution in [2.75, 3.05) is 0 Å². The number of nitrogens with zero attached hydrogens (tertiary/aromatic N) is 2. The summed E-state index contributed by atoms with van der Waals surface area (Å²) < 4.78 is 7.90. The quantitative estimate of drug-likeness (QED) is 0.470. The molecule has 0 amide bonds. The summed E-state index contributed by atoms with van der Waals surface area (Å²) in [6.45, 7) is 8.73. The van der Waals surface area contributed by atoms with E-state index < -0.39 is 0 Å². The van der Waals surface area contributed by atoms with Gasteiger partial charge in [-0.25, -0.2) is 4.98 Å². The normalized spacial score (nSPS) is 40.0. The highest BCUT2D eigenvalue weighted by atomic mass is 16.5. The van der Waals surface area contributed by atoms with Gasteiger partial charge in [-0.05, 0) is 68.1 Å². The zero-order valence-corrected chi connectivity index (χ0v) is 19.0. The molecule has 4 nitrogen and oxygen atoms in total. The molecule has 0 bridgehead atoms. The number of fused-ring (bicyclic) bond motifs is 5. The van der Waals surface area contributed by atoms with Crippen LogP contribution in [0.3, 0.4) is 0 Å². The summed E-state index contributed by atoms with van der Waals surface area (Å²) >= 11 is 0. The molecule has 0 saturated heterocycles. The number of imidazole rings is 1. The molecule has 1 aromatic heterocycles. The van der Waals surface area contributed by atoms with Crippen molar-refractivity contribution in [3.8, 4) is 0 Å². The minimum atomic E-state index is -0.137. The first-order valence-electron chi connectivity index (χ1n) is 12.0. The van der Waals surface area contributed by atoms with E-state index in [2.05, 4.69) is 48.7 Å². The molecule has 0 N–H and O–H groups in total. The Labute approximate surface area is 180 Å². The molecule has 0 radical (unpaired) electrons. The van der Waals surface area contributed by atoms with Crippen molar-refractivity contribution in [1.29, 1.82) is 0 Å². The molecule has 30 heavy (non-hydrogen) atoms. The van der Waals surface area contributed by atoms with E-state index in [1.165, 1.54) is 44.0 Å². The van der Waals surface area contributed by atoms with Gasteiger partial charge in [0, 0.05) is 30.7 Å². The van der Waals surface area contributed by atoms with Crippen LogP contribution in [-0.2, 0) is 16.0 Å². The molecule has 0 aliphatic heterocycles. The minimum Gasteiger partial charge on any atom is -0.462 e. The number of aryl methyl sites for hydroxylation is 1. The standard InChI is InChI=1S/C26H36N2O2/c1-5-19-15-28(16-27-19)24-9-8-22-21-7-6-18-14-20(30-17(2)29)10-12-25(18,3)23(21)11-13-26(22,24)4/h6,9,15-16,20-23H,5,7-8,10-14H2,1-4H3/t20-,21?,22?,23?,25-,26-/m0/s1. The third kappa shape index (κ3) is 2.93. The lowest BCUT2D eigenvalue weighted by atomic mass is 9.48. The number of allylic oxidation sites excluding steroid dienone is 3. The van der Waals surface area contributed by atoms with Gasteiger partial charge in [0.05, 0.1) is 12.0 Å². The molecular weight excluding hydrogens is 372 g/mol. The maximum atomic E-state index is 11.5. The summed E-state index contributed by atoms with van der Waals surface area (Å²) in [5, 5.41) is 0. The van der Waals surface area contributed by atoms with E-state index in [4.69, 9.17) is 4.74 Å². The van der Waals surface area contributed by atoms with Crippen LogP contribution in [0.15, 0.2) is 30.2 Å². The first-order valence-corrected chi connectivity index (χ1v) is 12.0. The van der Waals surface area contributed by atoms with Crippen molar-refractivity contribution in [2.24, 2.45) is 28.6 Å². The molecule has 4 aliphatic rings. The fourth-order valence-electron chi connectivity index (χ4n) is 7.59. The number of aromatic nitrogens is 2. The zero-order valence-electron chi connectivity index (χ0n) is 19.0. The van der Waals surface area contributed by atoms with Crippen LogP contribution in [0.4, 0.5) is 0 Å². The molecule has 2 fully saturated rings. The van der Waals surface area contributed by atoms with Crippen LogP contribution >= 0.6 is 0 Å². The molecule has 1 aromatic rings. The van der Waals surface area contributed by atoms with E-state index in [1.54, 1.807) is 5.57 Å². The number of carbonyl (C=O) groups is 1. The number of hydrogen-bond donors (Lipinski definition) is 0. The Kier molecular flexibility index (Phi) is 4.75. The molecule has 6 atom stereocenters. The monoisotopic (exact) mass is 408 g/mol. The van der Waals surface area contributed by atoms with Gasteiger partial charge in [0.1, 0.15) is 6.10 Å². The van der Waals surface area contributed by atoms with E-state index in [0.29, 0.717) is 0 Å². The first kappa shape index (κ1) is 20.1. The Balaban J connectivity index is 1.39. The van der Waals surface area contributed by atoms with Crippen molar-refractivity contribution < 1.29 is 9.53 Å². The summed E-state index contributed by atoms with van der Waals surface area (Å²) in [6.07, 6.45) is 18.4. The molecule has 4 aliphatic carbocycles. The Morgan fingerprint density at radius 2 is 1.97 bits per heavy atom. The van der Waals surface area contributed by atoms with Gasteiger partial charge in [-0.1, -0.05) is 38.5 Å². The predicted octanol–water partition coefficient (Wildman–Crippen LogP) is 5.79. The van der Waals surface area contributed by atoms with Gasteiger partial charge in [-0.3, -0.25) is 4.79 Å². The van der Waals surface area contributed by atoms with E-state index in [1.807, 2.05) is 6.33 Å². The highest BCUT2D eigenvalue weighted by Gasteiger charge is 2.57. The second-order valence-electron chi connectivity index (χ2n) is 10.6. The summed E-state index contributed by atoms with van der Waals surface area (Å²) in [4.78, 5) is 16.1. The van der Waals surface area contributed by atoms with Crippen LogP contribution < -0.4 is 0 Å².